The average Bonchev–Trinajstić information content (AvgIpc) is 2.50. The van der Waals surface area contributed by atoms with Gasteiger partial charge in [-0.25, -0.2) is 0 Å². The van der Waals surface area contributed by atoms with Gasteiger partial charge in [-0.05, 0) is 42.4 Å². The summed E-state index contributed by atoms with van der Waals surface area (Å²) in [5, 5.41) is 12.6. The maximum Gasteiger partial charge on any atom is 0.0602 e. The molecule has 2 aliphatic rings. The molecule has 3 atom stereocenters. The molecule has 0 saturated heterocycles. The quantitative estimate of drug-likeness (QED) is 0.420. The smallest absolute Gasteiger partial charge is 0.0602 e. The predicted octanol–water partition coefficient (Wildman–Crippen LogP) is 3.69. The normalized spacial score (nSPS) is 43.6. The van der Waals surface area contributed by atoms with E-state index in [4.69, 9.17) is 5.21 Å². The first kappa shape index (κ1) is 11.0. The molecular formula is C13H23NO. The number of hydrogen-bond donors (Lipinski definition) is 1. The Balaban J connectivity index is 2.29. The Morgan fingerprint density at radius 3 is 2.40 bits per heavy atom. The number of oxime groups is 1. The van der Waals surface area contributed by atoms with E-state index in [0.29, 0.717) is 16.7 Å². The van der Waals surface area contributed by atoms with Gasteiger partial charge in [0.2, 0.25) is 0 Å². The van der Waals surface area contributed by atoms with Gasteiger partial charge >= 0.3 is 0 Å². The van der Waals surface area contributed by atoms with E-state index < -0.39 is 0 Å². The molecule has 0 radical (unpaired) electrons. The fourth-order valence-electron chi connectivity index (χ4n) is 4.06. The SMILES string of the molecule is CC/C(=N/O)[C@@H]1C[C@]2(C)CC[C@@H]1C2(C)C. The molecule has 2 nitrogen and oxygen atoms in total. The molecule has 0 spiro atoms. The molecule has 15 heavy (non-hydrogen) atoms. The van der Waals surface area contributed by atoms with Crippen LogP contribution in [0.3, 0.4) is 0 Å². The van der Waals surface area contributed by atoms with E-state index >= 15 is 0 Å². The highest BCUT2D eigenvalue weighted by Gasteiger charge is 2.61. The standard InChI is InChI=1S/C13H23NO/c1-5-11(14-15)9-8-13(4)7-6-10(9)12(13,2)3/h9-10,15H,5-8H2,1-4H3/b14-11-/t9-,10+,13+/m1/s1. The Kier molecular flexibility index (Phi) is 2.36. The van der Waals surface area contributed by atoms with Crippen molar-refractivity contribution >= 4 is 5.71 Å². The Bertz CT molecular complexity index is 292. The Morgan fingerprint density at radius 1 is 1.40 bits per heavy atom. The van der Waals surface area contributed by atoms with Gasteiger partial charge in [-0.15, -0.1) is 0 Å². The fourth-order valence-corrected chi connectivity index (χ4v) is 4.06. The average molecular weight is 209 g/mol. The molecule has 2 fully saturated rings. The first-order chi connectivity index (χ1) is 6.96. The zero-order chi connectivity index (χ0) is 11.3. The van der Waals surface area contributed by atoms with Crippen molar-refractivity contribution in [1.29, 1.82) is 0 Å². The van der Waals surface area contributed by atoms with E-state index in [-0.39, 0.29) is 0 Å². The van der Waals surface area contributed by atoms with Crippen LogP contribution in [0.15, 0.2) is 5.16 Å². The molecule has 1 N–H and O–H groups in total. The number of fused-ring (bicyclic) bond motifs is 2. The largest absolute Gasteiger partial charge is 0.411 e. The van der Waals surface area contributed by atoms with Crippen LogP contribution in [0.4, 0.5) is 0 Å². The van der Waals surface area contributed by atoms with Gasteiger partial charge in [-0.3, -0.25) is 0 Å². The minimum absolute atomic E-state index is 0.419. The molecule has 2 saturated carbocycles. The summed E-state index contributed by atoms with van der Waals surface area (Å²) >= 11 is 0. The summed E-state index contributed by atoms with van der Waals surface area (Å²) in [6.45, 7) is 9.30. The van der Waals surface area contributed by atoms with Gasteiger partial charge in [0.25, 0.3) is 0 Å². The lowest BCUT2D eigenvalue weighted by Crippen LogP contribution is -2.27. The summed E-state index contributed by atoms with van der Waals surface area (Å²) in [5.74, 6) is 1.27. The third-order valence-corrected chi connectivity index (χ3v) is 5.56. The van der Waals surface area contributed by atoms with E-state index in [9.17, 15) is 0 Å². The number of rotatable bonds is 2. The molecule has 0 amide bonds. The molecule has 0 aliphatic heterocycles. The van der Waals surface area contributed by atoms with Crippen molar-refractivity contribution in [3.8, 4) is 0 Å². The van der Waals surface area contributed by atoms with Crippen molar-refractivity contribution in [2.45, 2.75) is 53.4 Å². The van der Waals surface area contributed by atoms with Gasteiger partial charge in [0.05, 0.1) is 5.71 Å². The monoisotopic (exact) mass is 209 g/mol. The van der Waals surface area contributed by atoms with Gasteiger partial charge in [-0.2, -0.15) is 0 Å². The zero-order valence-electron chi connectivity index (χ0n) is 10.4. The molecule has 2 bridgehead atoms. The topological polar surface area (TPSA) is 32.6 Å². The van der Waals surface area contributed by atoms with Crippen LogP contribution < -0.4 is 0 Å². The summed E-state index contributed by atoms with van der Waals surface area (Å²) in [7, 11) is 0. The van der Waals surface area contributed by atoms with Crippen LogP contribution >= 0.6 is 0 Å². The molecule has 0 heterocycles. The number of hydrogen-bond acceptors (Lipinski definition) is 2. The third-order valence-electron chi connectivity index (χ3n) is 5.56. The number of nitrogens with zero attached hydrogens (tertiary/aromatic N) is 1. The molecule has 0 aromatic heterocycles. The molecule has 2 rings (SSSR count). The lowest BCUT2D eigenvalue weighted by Gasteiger charge is -2.34. The van der Waals surface area contributed by atoms with Gasteiger partial charge < -0.3 is 5.21 Å². The molecule has 2 aliphatic carbocycles. The maximum atomic E-state index is 9.06. The molecule has 0 aromatic carbocycles. The van der Waals surface area contributed by atoms with Crippen molar-refractivity contribution < 1.29 is 5.21 Å². The van der Waals surface area contributed by atoms with E-state index in [1.165, 1.54) is 19.3 Å². The summed E-state index contributed by atoms with van der Waals surface area (Å²) < 4.78 is 0. The first-order valence-electron chi connectivity index (χ1n) is 6.17. The van der Waals surface area contributed by atoms with Crippen LogP contribution in [0.5, 0.6) is 0 Å². The highest BCUT2D eigenvalue weighted by molar-refractivity contribution is 5.87. The summed E-state index contributed by atoms with van der Waals surface area (Å²) in [6, 6.07) is 0. The van der Waals surface area contributed by atoms with Crippen LogP contribution in [-0.2, 0) is 0 Å². The minimum Gasteiger partial charge on any atom is -0.411 e. The van der Waals surface area contributed by atoms with Crippen LogP contribution in [0, 0.1) is 22.7 Å². The van der Waals surface area contributed by atoms with Crippen molar-refractivity contribution in [2.75, 3.05) is 0 Å². The molecule has 86 valence electrons. The highest BCUT2D eigenvalue weighted by Crippen LogP contribution is 2.67. The molecule has 0 unspecified atom stereocenters. The van der Waals surface area contributed by atoms with Gasteiger partial charge in [0.15, 0.2) is 0 Å². The summed E-state index contributed by atoms with van der Waals surface area (Å²) in [5.41, 5.74) is 1.91. The second kappa shape index (κ2) is 3.23. The van der Waals surface area contributed by atoms with Gasteiger partial charge in [-0.1, -0.05) is 32.9 Å². The van der Waals surface area contributed by atoms with Crippen molar-refractivity contribution in [2.24, 2.45) is 27.8 Å². The molecular weight excluding hydrogens is 186 g/mol. The van der Waals surface area contributed by atoms with E-state index in [1.54, 1.807) is 0 Å². The van der Waals surface area contributed by atoms with Crippen LogP contribution in [0.1, 0.15) is 53.4 Å². The first-order valence-corrected chi connectivity index (χ1v) is 6.17. The molecule has 2 heteroatoms. The summed E-state index contributed by atoms with van der Waals surface area (Å²) in [4.78, 5) is 0. The third kappa shape index (κ3) is 1.26. The van der Waals surface area contributed by atoms with Crippen molar-refractivity contribution in [3.05, 3.63) is 0 Å². The molecule has 0 aromatic rings. The van der Waals surface area contributed by atoms with Gasteiger partial charge in [0, 0.05) is 5.92 Å². The van der Waals surface area contributed by atoms with E-state index in [1.807, 2.05) is 0 Å². The van der Waals surface area contributed by atoms with Crippen molar-refractivity contribution in [1.82, 2.24) is 0 Å². The summed E-state index contributed by atoms with van der Waals surface area (Å²) in [6.07, 6.45) is 4.78. The lowest BCUT2D eigenvalue weighted by molar-refractivity contribution is 0.152. The van der Waals surface area contributed by atoms with Crippen LogP contribution in [0.25, 0.3) is 0 Å². The Hall–Kier alpha value is -0.530. The minimum atomic E-state index is 0.419. The van der Waals surface area contributed by atoms with E-state index in [0.717, 1.165) is 18.1 Å². The zero-order valence-corrected chi connectivity index (χ0v) is 10.4. The van der Waals surface area contributed by atoms with Crippen molar-refractivity contribution in [3.63, 3.8) is 0 Å². The predicted molar refractivity (Wildman–Crippen MR) is 62.2 cm³/mol. The fraction of sp³-hybridized carbons (Fsp3) is 0.923. The maximum absolute atomic E-state index is 9.06. The highest BCUT2D eigenvalue weighted by atomic mass is 16.4. The van der Waals surface area contributed by atoms with Gasteiger partial charge in [0.1, 0.15) is 0 Å². The Labute approximate surface area is 92.8 Å². The Morgan fingerprint density at radius 2 is 2.07 bits per heavy atom. The van der Waals surface area contributed by atoms with Crippen LogP contribution in [0.2, 0.25) is 0 Å². The van der Waals surface area contributed by atoms with E-state index in [2.05, 4.69) is 32.9 Å². The second-order valence-corrected chi connectivity index (χ2v) is 6.18. The van der Waals surface area contributed by atoms with Crippen LogP contribution in [-0.4, -0.2) is 10.9 Å². The second-order valence-electron chi connectivity index (χ2n) is 6.18. The lowest BCUT2D eigenvalue weighted by atomic mass is 9.71.